The highest BCUT2D eigenvalue weighted by atomic mass is 35.5. The third-order valence-corrected chi connectivity index (χ3v) is 3.35. The van der Waals surface area contributed by atoms with Crippen molar-refractivity contribution in [3.8, 4) is 17.6 Å². The Morgan fingerprint density at radius 2 is 1.75 bits per heavy atom. The predicted molar refractivity (Wildman–Crippen MR) is 80.2 cm³/mol. The second kappa shape index (κ2) is 5.24. The quantitative estimate of drug-likeness (QED) is 0.649. The predicted octanol–water partition coefficient (Wildman–Crippen LogP) is 5.16. The van der Waals surface area contributed by atoms with Gasteiger partial charge in [0.15, 0.2) is 0 Å². The zero-order valence-electron chi connectivity index (χ0n) is 10.5. The van der Waals surface area contributed by atoms with E-state index in [0.717, 1.165) is 16.5 Å². The first-order chi connectivity index (χ1) is 9.78. The Morgan fingerprint density at radius 3 is 2.55 bits per heavy atom. The van der Waals surface area contributed by atoms with Crippen molar-refractivity contribution in [3.05, 3.63) is 71.2 Å². The van der Waals surface area contributed by atoms with Gasteiger partial charge in [-0.1, -0.05) is 48.0 Å². The van der Waals surface area contributed by atoms with Gasteiger partial charge in [-0.3, -0.25) is 0 Å². The maximum Gasteiger partial charge on any atom is 0.135 e. The number of hydrogen-bond acceptors (Lipinski definition) is 2. The molecule has 0 spiro atoms. The van der Waals surface area contributed by atoms with Crippen LogP contribution >= 0.6 is 11.6 Å². The van der Waals surface area contributed by atoms with Gasteiger partial charge in [0.25, 0.3) is 0 Å². The van der Waals surface area contributed by atoms with Gasteiger partial charge in [-0.05, 0) is 23.6 Å². The van der Waals surface area contributed by atoms with Crippen molar-refractivity contribution in [1.82, 2.24) is 0 Å². The molecule has 96 valence electrons. The fourth-order valence-corrected chi connectivity index (χ4v) is 2.27. The number of hydrogen-bond donors (Lipinski definition) is 0. The standard InChI is InChI=1S/C17H10ClNO/c18-16-10-14(9-8-13(16)11-19)20-17-7-3-5-12-4-1-2-6-15(12)17/h1-10H. The number of benzene rings is 3. The van der Waals surface area contributed by atoms with Crippen molar-refractivity contribution in [2.24, 2.45) is 0 Å². The highest BCUT2D eigenvalue weighted by Crippen LogP contribution is 2.31. The van der Waals surface area contributed by atoms with E-state index in [0.29, 0.717) is 16.3 Å². The minimum absolute atomic E-state index is 0.394. The summed E-state index contributed by atoms with van der Waals surface area (Å²) in [5, 5.41) is 11.4. The molecule has 0 atom stereocenters. The topological polar surface area (TPSA) is 33.0 Å². The molecule has 0 radical (unpaired) electrons. The Morgan fingerprint density at radius 1 is 0.950 bits per heavy atom. The van der Waals surface area contributed by atoms with E-state index in [4.69, 9.17) is 21.6 Å². The molecule has 0 unspecified atom stereocenters. The van der Waals surface area contributed by atoms with E-state index in [-0.39, 0.29) is 0 Å². The Bertz CT molecular complexity index is 815. The molecule has 0 aliphatic rings. The molecule has 20 heavy (non-hydrogen) atoms. The van der Waals surface area contributed by atoms with Crippen molar-refractivity contribution in [2.75, 3.05) is 0 Å². The van der Waals surface area contributed by atoms with Gasteiger partial charge in [0.05, 0.1) is 10.6 Å². The molecule has 0 aromatic heterocycles. The minimum Gasteiger partial charge on any atom is -0.457 e. The molecular weight excluding hydrogens is 270 g/mol. The van der Waals surface area contributed by atoms with Gasteiger partial charge in [-0.2, -0.15) is 5.26 Å². The van der Waals surface area contributed by atoms with Gasteiger partial charge in [0.2, 0.25) is 0 Å². The second-order valence-corrected chi connectivity index (χ2v) is 4.74. The number of nitrogens with zero attached hydrogens (tertiary/aromatic N) is 1. The number of halogens is 1. The molecule has 0 fully saturated rings. The highest BCUT2D eigenvalue weighted by Gasteiger charge is 2.05. The first-order valence-corrected chi connectivity index (χ1v) is 6.51. The molecule has 0 bridgehead atoms. The fraction of sp³-hybridized carbons (Fsp3) is 0. The molecule has 0 N–H and O–H groups in total. The Labute approximate surface area is 121 Å². The van der Waals surface area contributed by atoms with Crippen LogP contribution in [0.15, 0.2) is 60.7 Å². The van der Waals surface area contributed by atoms with Crippen LogP contribution in [0.2, 0.25) is 5.02 Å². The number of nitriles is 1. The van der Waals surface area contributed by atoms with Crippen molar-refractivity contribution >= 4 is 22.4 Å². The lowest BCUT2D eigenvalue weighted by Gasteiger charge is -2.09. The summed E-state index contributed by atoms with van der Waals surface area (Å²) < 4.78 is 5.88. The summed E-state index contributed by atoms with van der Waals surface area (Å²) >= 11 is 6.01. The lowest BCUT2D eigenvalue weighted by molar-refractivity contribution is 0.488. The average Bonchev–Trinajstić information content (AvgIpc) is 2.48. The third-order valence-electron chi connectivity index (χ3n) is 3.04. The molecule has 2 nitrogen and oxygen atoms in total. The van der Waals surface area contributed by atoms with Gasteiger partial charge in [0.1, 0.15) is 17.6 Å². The maximum atomic E-state index is 8.87. The fourth-order valence-electron chi connectivity index (χ4n) is 2.06. The second-order valence-electron chi connectivity index (χ2n) is 4.33. The van der Waals surface area contributed by atoms with E-state index in [9.17, 15) is 0 Å². The lowest BCUT2D eigenvalue weighted by Crippen LogP contribution is -1.87. The molecule has 0 saturated carbocycles. The van der Waals surface area contributed by atoms with Gasteiger partial charge < -0.3 is 4.74 Å². The molecule has 3 aromatic rings. The van der Waals surface area contributed by atoms with Crippen LogP contribution in [0.5, 0.6) is 11.5 Å². The average molecular weight is 280 g/mol. The van der Waals surface area contributed by atoms with E-state index < -0.39 is 0 Å². The molecule has 0 amide bonds. The molecule has 0 saturated heterocycles. The van der Waals surface area contributed by atoms with Crippen LogP contribution in [0, 0.1) is 11.3 Å². The SMILES string of the molecule is N#Cc1ccc(Oc2cccc3ccccc23)cc1Cl. The zero-order valence-corrected chi connectivity index (χ0v) is 11.3. The number of fused-ring (bicyclic) bond motifs is 1. The largest absolute Gasteiger partial charge is 0.457 e. The Hall–Kier alpha value is -2.50. The van der Waals surface area contributed by atoms with Crippen LogP contribution in [-0.2, 0) is 0 Å². The molecule has 3 heteroatoms. The molecule has 0 aliphatic heterocycles. The van der Waals surface area contributed by atoms with Crippen LogP contribution < -0.4 is 4.74 Å². The van der Waals surface area contributed by atoms with Gasteiger partial charge in [-0.25, -0.2) is 0 Å². The molecule has 0 aliphatic carbocycles. The first kappa shape index (κ1) is 12.5. The van der Waals surface area contributed by atoms with Crippen LogP contribution in [-0.4, -0.2) is 0 Å². The summed E-state index contributed by atoms with van der Waals surface area (Å²) in [6.45, 7) is 0. The van der Waals surface area contributed by atoms with Crippen LogP contribution in [0.1, 0.15) is 5.56 Å². The molecular formula is C17H10ClNO. The third kappa shape index (κ3) is 2.32. The smallest absolute Gasteiger partial charge is 0.135 e. The van der Waals surface area contributed by atoms with E-state index in [1.54, 1.807) is 18.2 Å². The molecule has 3 aromatic carbocycles. The highest BCUT2D eigenvalue weighted by molar-refractivity contribution is 6.31. The van der Waals surface area contributed by atoms with E-state index in [1.807, 2.05) is 48.5 Å². The van der Waals surface area contributed by atoms with Gasteiger partial charge >= 0.3 is 0 Å². The molecule has 3 rings (SSSR count). The lowest BCUT2D eigenvalue weighted by atomic mass is 10.1. The maximum absolute atomic E-state index is 8.87. The monoisotopic (exact) mass is 279 g/mol. The van der Waals surface area contributed by atoms with Gasteiger partial charge in [-0.15, -0.1) is 0 Å². The summed E-state index contributed by atoms with van der Waals surface area (Å²) in [5.41, 5.74) is 0.442. The summed E-state index contributed by atoms with van der Waals surface area (Å²) in [6.07, 6.45) is 0. The molecule has 0 heterocycles. The van der Waals surface area contributed by atoms with E-state index in [1.165, 1.54) is 0 Å². The van der Waals surface area contributed by atoms with Crippen LogP contribution in [0.4, 0.5) is 0 Å². The zero-order chi connectivity index (χ0) is 13.9. The summed E-state index contributed by atoms with van der Waals surface area (Å²) in [5.74, 6) is 1.38. The summed E-state index contributed by atoms with van der Waals surface area (Å²) in [7, 11) is 0. The van der Waals surface area contributed by atoms with Crippen molar-refractivity contribution < 1.29 is 4.74 Å². The minimum atomic E-state index is 0.394. The van der Waals surface area contributed by atoms with Crippen molar-refractivity contribution in [3.63, 3.8) is 0 Å². The van der Waals surface area contributed by atoms with E-state index in [2.05, 4.69) is 0 Å². The number of rotatable bonds is 2. The first-order valence-electron chi connectivity index (χ1n) is 6.13. The van der Waals surface area contributed by atoms with Gasteiger partial charge in [0, 0.05) is 11.5 Å². The summed E-state index contributed by atoms with van der Waals surface area (Å²) in [6, 6.07) is 21.0. The van der Waals surface area contributed by atoms with Crippen molar-refractivity contribution in [2.45, 2.75) is 0 Å². The van der Waals surface area contributed by atoms with Crippen molar-refractivity contribution in [1.29, 1.82) is 5.26 Å². The number of ether oxygens (including phenoxy) is 1. The Kier molecular flexibility index (Phi) is 3.28. The Balaban J connectivity index is 2.02. The normalized spacial score (nSPS) is 10.2. The van der Waals surface area contributed by atoms with E-state index >= 15 is 0 Å². The summed E-state index contributed by atoms with van der Waals surface area (Å²) in [4.78, 5) is 0. The van der Waals surface area contributed by atoms with Crippen LogP contribution in [0.25, 0.3) is 10.8 Å². The van der Waals surface area contributed by atoms with Crippen LogP contribution in [0.3, 0.4) is 0 Å².